The van der Waals surface area contributed by atoms with Gasteiger partial charge in [-0.15, -0.1) is 0 Å². The van der Waals surface area contributed by atoms with Crippen LogP contribution in [-0.4, -0.2) is 12.5 Å². The number of ether oxygens (including phenoxy) is 1. The summed E-state index contributed by atoms with van der Waals surface area (Å²) in [5.41, 5.74) is 0. The van der Waals surface area contributed by atoms with Gasteiger partial charge in [0.15, 0.2) is 5.75 Å². The van der Waals surface area contributed by atoms with Gasteiger partial charge < -0.3 is 14.8 Å². The van der Waals surface area contributed by atoms with Gasteiger partial charge in [0.25, 0.3) is 0 Å². The van der Waals surface area contributed by atoms with Crippen molar-refractivity contribution in [3.63, 3.8) is 0 Å². The largest absolute Gasteiger partial charge is 0.727 e. The minimum Gasteiger partial charge on any atom is -0.727 e. The van der Waals surface area contributed by atoms with Crippen LogP contribution in [0.25, 0.3) is 0 Å². The van der Waals surface area contributed by atoms with Gasteiger partial charge in [-0.25, -0.2) is 3.17 Å². The SMILES string of the molecule is COc1cccc(ON([O-])OI)c1. The molecule has 0 N–H and O–H groups in total. The number of methoxy groups -OCH3 is 1. The van der Waals surface area contributed by atoms with E-state index in [4.69, 9.17) is 4.74 Å². The van der Waals surface area contributed by atoms with E-state index in [1.54, 1.807) is 24.3 Å². The molecular formula is C7H7INO4-. The second-order valence-corrected chi connectivity index (χ2v) is 2.46. The van der Waals surface area contributed by atoms with Crippen molar-refractivity contribution in [2.24, 2.45) is 0 Å². The van der Waals surface area contributed by atoms with E-state index >= 15 is 0 Å². The predicted molar refractivity (Wildman–Crippen MR) is 53.9 cm³/mol. The molecule has 5 nitrogen and oxygen atoms in total. The van der Waals surface area contributed by atoms with Crippen LogP contribution in [0.3, 0.4) is 0 Å². The van der Waals surface area contributed by atoms with Gasteiger partial charge in [-0.1, -0.05) is 11.5 Å². The monoisotopic (exact) mass is 296 g/mol. The maximum absolute atomic E-state index is 10.6. The number of benzene rings is 1. The highest BCUT2D eigenvalue weighted by Crippen LogP contribution is 2.19. The Labute approximate surface area is 89.4 Å². The normalized spacial score (nSPS) is 10.2. The van der Waals surface area contributed by atoms with E-state index in [2.05, 4.69) is 8.00 Å². The number of nitrogens with zero attached hydrogens (tertiary/aromatic N) is 1. The second-order valence-electron chi connectivity index (χ2n) is 2.06. The van der Waals surface area contributed by atoms with Crippen LogP contribution in [0.15, 0.2) is 24.3 Å². The average molecular weight is 296 g/mol. The second kappa shape index (κ2) is 5.22. The lowest BCUT2D eigenvalue weighted by Gasteiger charge is -2.21. The minimum absolute atomic E-state index is 0.00463. The number of halogens is 1. The van der Waals surface area contributed by atoms with Crippen LogP contribution in [0.1, 0.15) is 0 Å². The minimum atomic E-state index is -0.00463. The summed E-state index contributed by atoms with van der Waals surface area (Å²) in [6.45, 7) is 0. The summed E-state index contributed by atoms with van der Waals surface area (Å²) < 4.78 is 9.14. The van der Waals surface area contributed by atoms with Gasteiger partial charge in [-0.3, -0.25) is 0 Å². The molecule has 0 atom stereocenters. The van der Waals surface area contributed by atoms with Crippen molar-refractivity contribution in [2.45, 2.75) is 0 Å². The molecule has 0 heterocycles. The highest BCUT2D eigenvalue weighted by atomic mass is 127. The zero-order valence-corrected chi connectivity index (χ0v) is 8.93. The third-order valence-electron chi connectivity index (χ3n) is 1.28. The molecule has 0 saturated heterocycles. The van der Waals surface area contributed by atoms with E-state index < -0.39 is 0 Å². The lowest BCUT2D eigenvalue weighted by atomic mass is 10.3. The van der Waals surface area contributed by atoms with E-state index in [0.29, 0.717) is 11.5 Å². The third-order valence-corrected chi connectivity index (χ3v) is 1.60. The van der Waals surface area contributed by atoms with E-state index in [9.17, 15) is 5.21 Å². The first-order chi connectivity index (χ1) is 6.26. The van der Waals surface area contributed by atoms with Crippen molar-refractivity contribution >= 4 is 23.0 Å². The summed E-state index contributed by atoms with van der Waals surface area (Å²) in [5.74, 6) is 0.963. The molecule has 0 aliphatic rings. The average Bonchev–Trinajstić information content (AvgIpc) is 2.18. The predicted octanol–water partition coefficient (Wildman–Crippen LogP) is 2.07. The fourth-order valence-corrected chi connectivity index (χ4v) is 0.839. The first-order valence-corrected chi connectivity index (χ1v) is 4.22. The molecule has 1 aromatic carbocycles. The van der Waals surface area contributed by atoms with Crippen molar-refractivity contribution in [2.75, 3.05) is 7.11 Å². The zero-order chi connectivity index (χ0) is 9.68. The molecule has 1 aromatic rings. The Kier molecular flexibility index (Phi) is 4.22. The van der Waals surface area contributed by atoms with Crippen LogP contribution in [0.2, 0.25) is 0 Å². The number of hydrogen-bond donors (Lipinski definition) is 0. The zero-order valence-electron chi connectivity index (χ0n) is 6.77. The molecule has 0 amide bonds. The summed E-state index contributed by atoms with van der Waals surface area (Å²) in [6.07, 6.45) is 0. The Bertz CT molecular complexity index is 270. The van der Waals surface area contributed by atoms with E-state index in [0.717, 1.165) is 0 Å². The molecule has 0 radical (unpaired) electrons. The Morgan fingerprint density at radius 3 is 2.69 bits per heavy atom. The summed E-state index contributed by atoms with van der Waals surface area (Å²) in [5, 5.41) is 10.6. The van der Waals surface area contributed by atoms with Gasteiger partial charge >= 0.3 is 0 Å². The van der Waals surface area contributed by atoms with Gasteiger partial charge in [0.1, 0.15) is 28.8 Å². The molecule has 1 rings (SSSR count). The maximum Gasteiger partial charge on any atom is 0.152 e. The number of rotatable bonds is 4. The van der Waals surface area contributed by atoms with E-state index in [-0.39, 0.29) is 5.39 Å². The van der Waals surface area contributed by atoms with Crippen molar-refractivity contribution in [3.05, 3.63) is 29.5 Å². The quantitative estimate of drug-likeness (QED) is 0.629. The van der Waals surface area contributed by atoms with Gasteiger partial charge in [0.05, 0.1) is 7.11 Å². The van der Waals surface area contributed by atoms with Gasteiger partial charge in [-0.05, 0) is 12.1 Å². The van der Waals surface area contributed by atoms with Gasteiger partial charge in [-0.2, -0.15) is 0 Å². The highest BCUT2D eigenvalue weighted by Gasteiger charge is 1.97. The molecule has 0 aliphatic heterocycles. The van der Waals surface area contributed by atoms with Gasteiger partial charge in [0.2, 0.25) is 0 Å². The van der Waals surface area contributed by atoms with Crippen LogP contribution in [0.4, 0.5) is 0 Å². The molecule has 0 saturated carbocycles. The van der Waals surface area contributed by atoms with Crippen LogP contribution in [0.5, 0.6) is 11.5 Å². The topological polar surface area (TPSA) is 54.0 Å². The molecule has 0 bridgehead atoms. The molecule has 0 fully saturated rings. The Hall–Kier alpha value is -0.570. The first kappa shape index (κ1) is 10.5. The van der Waals surface area contributed by atoms with Crippen molar-refractivity contribution < 1.29 is 12.7 Å². The molecule has 13 heavy (non-hydrogen) atoms. The molecular weight excluding hydrogens is 289 g/mol. The Morgan fingerprint density at radius 1 is 1.38 bits per heavy atom. The lowest BCUT2D eigenvalue weighted by Crippen LogP contribution is -2.15. The van der Waals surface area contributed by atoms with Crippen LogP contribution in [-0.2, 0) is 3.17 Å². The summed E-state index contributed by atoms with van der Waals surface area (Å²) in [6, 6.07) is 6.63. The van der Waals surface area contributed by atoms with E-state index in [1.807, 2.05) is 0 Å². The third kappa shape index (κ3) is 3.35. The van der Waals surface area contributed by atoms with E-state index in [1.165, 1.54) is 30.1 Å². The summed E-state index contributed by atoms with van der Waals surface area (Å²) in [4.78, 5) is 4.67. The molecule has 0 aliphatic carbocycles. The van der Waals surface area contributed by atoms with Crippen LogP contribution >= 0.6 is 23.0 Å². The molecule has 6 heteroatoms. The van der Waals surface area contributed by atoms with Crippen molar-refractivity contribution in [3.8, 4) is 11.5 Å². The smallest absolute Gasteiger partial charge is 0.152 e. The van der Waals surface area contributed by atoms with Gasteiger partial charge in [0, 0.05) is 6.07 Å². The van der Waals surface area contributed by atoms with Crippen molar-refractivity contribution in [1.82, 2.24) is 5.39 Å². The van der Waals surface area contributed by atoms with Crippen LogP contribution in [0, 0.1) is 5.21 Å². The number of hydrogen-bond acceptors (Lipinski definition) is 5. The molecule has 0 spiro atoms. The highest BCUT2D eigenvalue weighted by molar-refractivity contribution is 14.1. The fourth-order valence-electron chi connectivity index (χ4n) is 0.758. The van der Waals surface area contributed by atoms with Crippen molar-refractivity contribution in [1.29, 1.82) is 0 Å². The Morgan fingerprint density at radius 2 is 2.08 bits per heavy atom. The maximum atomic E-state index is 10.6. The first-order valence-electron chi connectivity index (χ1n) is 3.34. The molecule has 72 valence electrons. The summed E-state index contributed by atoms with van der Waals surface area (Å²) >= 11 is 1.42. The molecule has 0 aromatic heterocycles. The standard InChI is InChI=1S/C7H7INO4/c1-11-6-3-2-4-7(5-6)12-9(10)13-8/h2-5H,1H3/q-1. The summed E-state index contributed by atoms with van der Waals surface area (Å²) in [7, 11) is 1.53. The fraction of sp³-hybridized carbons (Fsp3) is 0.143. The lowest BCUT2D eigenvalue weighted by molar-refractivity contribution is -0.187. The van der Waals surface area contributed by atoms with Crippen LogP contribution < -0.4 is 9.57 Å². The molecule has 0 unspecified atom stereocenters. The Balaban J connectivity index is 2.66.